The third-order valence-electron chi connectivity index (χ3n) is 6.34. The number of halogens is 3. The summed E-state index contributed by atoms with van der Waals surface area (Å²) >= 11 is 6.05. The zero-order valence-electron chi connectivity index (χ0n) is 21.3. The number of nitrogens with zero attached hydrogens (tertiary/aromatic N) is 4. The van der Waals surface area contributed by atoms with E-state index in [1.807, 2.05) is 31.2 Å². The van der Waals surface area contributed by atoms with Crippen LogP contribution in [0.25, 0.3) is 11.0 Å². The van der Waals surface area contributed by atoms with Crippen LogP contribution < -0.4 is 10.1 Å². The summed E-state index contributed by atoms with van der Waals surface area (Å²) in [5, 5.41) is 3.60. The minimum absolute atomic E-state index is 0. The summed E-state index contributed by atoms with van der Waals surface area (Å²) in [6.07, 6.45) is 0. The van der Waals surface area contributed by atoms with E-state index in [0.29, 0.717) is 22.5 Å². The SMILES string of the molecule is CCN1CCN(Cc2nc3cc(NC(=O)COc4ccc(Cl)c(C)c4)ccc3n2C(C)C)CC1.Cl.Cl. The Balaban J connectivity index is 0.00000228. The van der Waals surface area contributed by atoms with Crippen molar-refractivity contribution in [3.63, 3.8) is 0 Å². The van der Waals surface area contributed by atoms with Crippen molar-refractivity contribution in [3.8, 4) is 5.75 Å². The van der Waals surface area contributed by atoms with Gasteiger partial charge in [0.15, 0.2) is 6.61 Å². The second-order valence-electron chi connectivity index (χ2n) is 9.15. The van der Waals surface area contributed by atoms with Gasteiger partial charge in [-0.2, -0.15) is 0 Å². The highest BCUT2D eigenvalue weighted by atomic mass is 35.5. The molecular weight excluding hydrogens is 521 g/mol. The number of hydrogen-bond donors (Lipinski definition) is 1. The number of likely N-dealkylation sites (N-methyl/N-ethyl adjacent to an activating group) is 1. The summed E-state index contributed by atoms with van der Waals surface area (Å²) in [4.78, 5) is 22.4. The Morgan fingerprint density at radius 2 is 1.78 bits per heavy atom. The van der Waals surface area contributed by atoms with Crippen molar-refractivity contribution in [1.82, 2.24) is 19.4 Å². The molecule has 1 saturated heterocycles. The first kappa shape index (κ1) is 30.2. The lowest BCUT2D eigenvalue weighted by Crippen LogP contribution is -2.45. The quantitative estimate of drug-likeness (QED) is 0.393. The molecular formula is C26H36Cl3N5O2. The van der Waals surface area contributed by atoms with Gasteiger partial charge >= 0.3 is 0 Å². The summed E-state index contributed by atoms with van der Waals surface area (Å²) in [5.41, 5.74) is 3.60. The number of nitrogens with one attached hydrogen (secondary N) is 1. The van der Waals surface area contributed by atoms with E-state index in [2.05, 4.69) is 40.5 Å². The zero-order valence-corrected chi connectivity index (χ0v) is 23.7. The summed E-state index contributed by atoms with van der Waals surface area (Å²) in [6, 6.07) is 11.6. The van der Waals surface area contributed by atoms with Gasteiger partial charge in [0.2, 0.25) is 0 Å². The molecule has 2 aromatic carbocycles. The van der Waals surface area contributed by atoms with E-state index in [1.54, 1.807) is 12.1 Å². The molecule has 36 heavy (non-hydrogen) atoms. The minimum atomic E-state index is -0.218. The van der Waals surface area contributed by atoms with Crippen LogP contribution in [0.1, 0.15) is 38.2 Å². The fourth-order valence-electron chi connectivity index (χ4n) is 4.43. The number of benzene rings is 2. The predicted molar refractivity (Wildman–Crippen MR) is 152 cm³/mol. The van der Waals surface area contributed by atoms with E-state index < -0.39 is 0 Å². The monoisotopic (exact) mass is 555 g/mol. The molecule has 1 aliphatic rings. The van der Waals surface area contributed by atoms with Crippen LogP contribution >= 0.6 is 36.4 Å². The van der Waals surface area contributed by atoms with Crippen molar-refractivity contribution in [2.75, 3.05) is 44.6 Å². The summed E-state index contributed by atoms with van der Waals surface area (Å²) in [7, 11) is 0. The highest BCUT2D eigenvalue weighted by Crippen LogP contribution is 2.25. The summed E-state index contributed by atoms with van der Waals surface area (Å²) in [6.45, 7) is 14.7. The number of aromatic nitrogens is 2. The van der Waals surface area contributed by atoms with Gasteiger partial charge in [-0.1, -0.05) is 18.5 Å². The molecule has 0 spiro atoms. The molecule has 7 nitrogen and oxygen atoms in total. The molecule has 1 amide bonds. The molecule has 1 aromatic heterocycles. The summed E-state index contributed by atoms with van der Waals surface area (Å²) in [5.74, 6) is 1.47. The maximum atomic E-state index is 12.5. The van der Waals surface area contributed by atoms with Crippen LogP contribution in [0.2, 0.25) is 5.02 Å². The largest absolute Gasteiger partial charge is 0.484 e. The number of carbonyl (C=O) groups is 1. The molecule has 198 valence electrons. The van der Waals surface area contributed by atoms with Crippen LogP contribution in [0.5, 0.6) is 5.75 Å². The fraction of sp³-hybridized carbons (Fsp3) is 0.462. The van der Waals surface area contributed by atoms with Gasteiger partial charge in [0, 0.05) is 42.9 Å². The molecule has 4 rings (SSSR count). The van der Waals surface area contributed by atoms with Gasteiger partial charge in [-0.25, -0.2) is 4.98 Å². The zero-order chi connectivity index (χ0) is 24.2. The topological polar surface area (TPSA) is 62.6 Å². The number of hydrogen-bond acceptors (Lipinski definition) is 5. The van der Waals surface area contributed by atoms with Crippen LogP contribution in [0.3, 0.4) is 0 Å². The molecule has 10 heteroatoms. The lowest BCUT2D eigenvalue weighted by atomic mass is 10.2. The molecule has 1 fully saturated rings. The number of amides is 1. The molecule has 0 atom stereocenters. The Labute approximate surface area is 231 Å². The van der Waals surface area contributed by atoms with E-state index in [9.17, 15) is 4.79 Å². The molecule has 3 aromatic rings. The molecule has 1 aliphatic heterocycles. The fourth-order valence-corrected chi connectivity index (χ4v) is 4.55. The van der Waals surface area contributed by atoms with Crippen molar-refractivity contribution >= 4 is 59.0 Å². The van der Waals surface area contributed by atoms with E-state index in [4.69, 9.17) is 21.3 Å². The highest BCUT2D eigenvalue weighted by Gasteiger charge is 2.20. The molecule has 0 aliphatic carbocycles. The van der Waals surface area contributed by atoms with Crippen LogP contribution in [-0.2, 0) is 11.3 Å². The van der Waals surface area contributed by atoms with Crippen LogP contribution in [-0.4, -0.2) is 64.6 Å². The number of imidazole rings is 1. The predicted octanol–water partition coefficient (Wildman–Crippen LogP) is 5.58. The first-order valence-corrected chi connectivity index (χ1v) is 12.4. The van der Waals surface area contributed by atoms with Crippen molar-refractivity contribution in [2.45, 2.75) is 40.3 Å². The minimum Gasteiger partial charge on any atom is -0.484 e. The lowest BCUT2D eigenvalue weighted by molar-refractivity contribution is -0.118. The average molecular weight is 557 g/mol. The van der Waals surface area contributed by atoms with Crippen LogP contribution in [0.15, 0.2) is 36.4 Å². The molecule has 2 heterocycles. The van der Waals surface area contributed by atoms with E-state index in [-0.39, 0.29) is 37.3 Å². The van der Waals surface area contributed by atoms with Crippen LogP contribution in [0, 0.1) is 6.92 Å². The maximum absolute atomic E-state index is 12.5. The van der Waals surface area contributed by atoms with Crippen molar-refractivity contribution in [3.05, 3.63) is 52.8 Å². The average Bonchev–Trinajstić information content (AvgIpc) is 3.17. The lowest BCUT2D eigenvalue weighted by Gasteiger charge is -2.34. The third-order valence-corrected chi connectivity index (χ3v) is 6.76. The number of aryl methyl sites for hydroxylation is 1. The van der Waals surface area contributed by atoms with Gasteiger partial charge < -0.3 is 19.5 Å². The third kappa shape index (κ3) is 7.26. The Bertz CT molecular complexity index is 1160. The van der Waals surface area contributed by atoms with Gasteiger partial charge in [-0.05, 0) is 69.3 Å². The van der Waals surface area contributed by atoms with E-state index >= 15 is 0 Å². The highest BCUT2D eigenvalue weighted by molar-refractivity contribution is 6.31. The van der Waals surface area contributed by atoms with Crippen molar-refractivity contribution in [1.29, 1.82) is 0 Å². The number of fused-ring (bicyclic) bond motifs is 1. The molecule has 0 unspecified atom stereocenters. The standard InChI is InChI=1S/C26H34ClN5O2.2ClH/c1-5-30-10-12-31(13-11-30)16-25-29-23-15-20(6-9-24(23)32(25)18(2)3)28-26(33)17-34-21-7-8-22(27)19(4)14-21;;/h6-9,14-15,18H,5,10-13,16-17H2,1-4H3,(H,28,33);2*1H. The second kappa shape index (κ2) is 13.5. The normalized spacial score (nSPS) is 14.4. The van der Waals surface area contributed by atoms with Gasteiger partial charge in [0.1, 0.15) is 11.6 Å². The van der Waals surface area contributed by atoms with Crippen LogP contribution in [0.4, 0.5) is 5.69 Å². The summed E-state index contributed by atoms with van der Waals surface area (Å²) < 4.78 is 7.92. The van der Waals surface area contributed by atoms with Crippen molar-refractivity contribution < 1.29 is 9.53 Å². The number of piperazine rings is 1. The smallest absolute Gasteiger partial charge is 0.262 e. The Morgan fingerprint density at radius 1 is 1.08 bits per heavy atom. The molecule has 1 N–H and O–H groups in total. The Kier molecular flexibility index (Phi) is 11.3. The van der Waals surface area contributed by atoms with E-state index in [0.717, 1.165) is 61.7 Å². The first-order chi connectivity index (χ1) is 16.3. The first-order valence-electron chi connectivity index (χ1n) is 12.0. The second-order valence-corrected chi connectivity index (χ2v) is 9.56. The number of ether oxygens (including phenoxy) is 1. The maximum Gasteiger partial charge on any atom is 0.262 e. The molecule has 0 saturated carbocycles. The number of carbonyl (C=O) groups excluding carboxylic acids is 1. The Morgan fingerprint density at radius 3 is 2.42 bits per heavy atom. The number of rotatable bonds is 8. The van der Waals surface area contributed by atoms with Gasteiger partial charge in [-0.15, -0.1) is 24.8 Å². The van der Waals surface area contributed by atoms with Gasteiger partial charge in [-0.3, -0.25) is 9.69 Å². The van der Waals surface area contributed by atoms with Gasteiger partial charge in [0.05, 0.1) is 17.6 Å². The number of anilines is 1. The van der Waals surface area contributed by atoms with Gasteiger partial charge in [0.25, 0.3) is 5.91 Å². The Hall–Kier alpha value is -2.03. The van der Waals surface area contributed by atoms with Crippen molar-refractivity contribution in [2.24, 2.45) is 0 Å². The molecule has 0 bridgehead atoms. The molecule has 0 radical (unpaired) electrons. The van der Waals surface area contributed by atoms with E-state index in [1.165, 1.54) is 0 Å².